The number of nitrogens with one attached hydrogen (secondary N) is 1. The maximum Gasteiger partial charge on any atom is 0.214 e. The maximum absolute atomic E-state index is 11.6. The van der Waals surface area contributed by atoms with Crippen LogP contribution < -0.4 is 5.32 Å². The minimum atomic E-state index is -3.24. The van der Waals surface area contributed by atoms with Gasteiger partial charge in [-0.1, -0.05) is 0 Å². The Balaban J connectivity index is 2.61. The van der Waals surface area contributed by atoms with Crippen molar-refractivity contribution >= 4 is 10.0 Å². The van der Waals surface area contributed by atoms with Gasteiger partial charge in [0.15, 0.2) is 0 Å². The molecule has 0 amide bonds. The van der Waals surface area contributed by atoms with Gasteiger partial charge in [0.1, 0.15) is 11.5 Å². The van der Waals surface area contributed by atoms with Gasteiger partial charge in [-0.2, -0.15) is 0 Å². The fourth-order valence-corrected chi connectivity index (χ4v) is 2.33. The Morgan fingerprint density at radius 1 is 1.32 bits per heavy atom. The van der Waals surface area contributed by atoms with Gasteiger partial charge in [-0.3, -0.25) is 0 Å². The van der Waals surface area contributed by atoms with E-state index in [1.165, 1.54) is 36.6 Å². The molecule has 0 aliphatic heterocycles. The second-order valence-electron chi connectivity index (χ2n) is 4.52. The van der Waals surface area contributed by atoms with E-state index in [0.717, 1.165) is 0 Å². The number of rotatable bonds is 6. The van der Waals surface area contributed by atoms with Gasteiger partial charge in [0, 0.05) is 32.2 Å². The second kappa shape index (κ2) is 6.23. The lowest BCUT2D eigenvalue weighted by atomic mass is 10.1. The smallest absolute Gasteiger partial charge is 0.214 e. The normalized spacial score (nSPS) is 13.7. The second-order valence-corrected chi connectivity index (χ2v) is 6.82. The van der Waals surface area contributed by atoms with Crippen molar-refractivity contribution in [2.45, 2.75) is 13.0 Å². The lowest BCUT2D eigenvalue weighted by Crippen LogP contribution is -2.32. The van der Waals surface area contributed by atoms with Crippen LogP contribution in [0.2, 0.25) is 0 Å². The van der Waals surface area contributed by atoms with E-state index in [4.69, 9.17) is 0 Å². The molecule has 1 rings (SSSR count). The fraction of sp³-hybridized carbons (Fsp3) is 0.500. The first-order valence-electron chi connectivity index (χ1n) is 5.89. The molecule has 1 atom stereocenters. The predicted molar refractivity (Wildman–Crippen MR) is 73.7 cm³/mol. The first kappa shape index (κ1) is 15.7. The molecule has 7 heteroatoms. The fourth-order valence-electron chi connectivity index (χ4n) is 1.59. The number of nitrogens with zero attached hydrogens (tertiary/aromatic N) is 1. The molecule has 1 aromatic carbocycles. The average Bonchev–Trinajstić information content (AvgIpc) is 2.31. The minimum Gasteiger partial charge on any atom is -0.508 e. The molecular formula is C12H20N2O4S. The molecule has 1 aromatic rings. The molecule has 0 spiro atoms. The highest BCUT2D eigenvalue weighted by molar-refractivity contribution is 7.89. The van der Waals surface area contributed by atoms with Crippen molar-refractivity contribution in [3.05, 3.63) is 23.8 Å². The zero-order chi connectivity index (χ0) is 14.6. The molecule has 0 saturated heterocycles. The predicted octanol–water partition coefficient (Wildman–Crippen LogP) is 0.640. The van der Waals surface area contributed by atoms with E-state index in [0.29, 0.717) is 5.56 Å². The van der Waals surface area contributed by atoms with Crippen molar-refractivity contribution in [1.29, 1.82) is 0 Å². The van der Waals surface area contributed by atoms with Gasteiger partial charge in [0.25, 0.3) is 0 Å². The number of hydrogen-bond acceptors (Lipinski definition) is 5. The van der Waals surface area contributed by atoms with Gasteiger partial charge in [-0.15, -0.1) is 0 Å². The van der Waals surface area contributed by atoms with Gasteiger partial charge >= 0.3 is 0 Å². The third kappa shape index (κ3) is 4.38. The Morgan fingerprint density at radius 2 is 1.95 bits per heavy atom. The number of sulfonamides is 1. The van der Waals surface area contributed by atoms with Gasteiger partial charge in [-0.05, 0) is 25.1 Å². The van der Waals surface area contributed by atoms with Crippen molar-refractivity contribution in [3.63, 3.8) is 0 Å². The lowest BCUT2D eigenvalue weighted by molar-refractivity contribution is 0.442. The van der Waals surface area contributed by atoms with Crippen LogP contribution in [0.4, 0.5) is 0 Å². The summed E-state index contributed by atoms with van der Waals surface area (Å²) < 4.78 is 24.3. The maximum atomic E-state index is 11.6. The molecule has 1 unspecified atom stereocenters. The van der Waals surface area contributed by atoms with Gasteiger partial charge in [0.2, 0.25) is 10.0 Å². The van der Waals surface area contributed by atoms with Crippen molar-refractivity contribution < 1.29 is 18.6 Å². The SMILES string of the molecule is CC(NCCS(=O)(=O)N(C)C)c1cc(O)ccc1O. The van der Waals surface area contributed by atoms with E-state index in [1.54, 1.807) is 6.92 Å². The van der Waals surface area contributed by atoms with E-state index in [2.05, 4.69) is 5.32 Å². The molecule has 0 aromatic heterocycles. The van der Waals surface area contributed by atoms with Gasteiger partial charge < -0.3 is 15.5 Å². The van der Waals surface area contributed by atoms with Crippen LogP contribution in [0.1, 0.15) is 18.5 Å². The van der Waals surface area contributed by atoms with E-state index in [-0.39, 0.29) is 29.8 Å². The number of aromatic hydroxyl groups is 2. The zero-order valence-corrected chi connectivity index (χ0v) is 12.1. The third-order valence-corrected chi connectivity index (χ3v) is 4.68. The average molecular weight is 288 g/mol. The minimum absolute atomic E-state index is 0.0239. The summed E-state index contributed by atoms with van der Waals surface area (Å²) in [6.07, 6.45) is 0. The molecule has 6 nitrogen and oxygen atoms in total. The summed E-state index contributed by atoms with van der Waals surface area (Å²) in [5.74, 6) is 0.0971. The van der Waals surface area contributed by atoms with Crippen LogP contribution >= 0.6 is 0 Å². The van der Waals surface area contributed by atoms with Gasteiger partial charge in [-0.25, -0.2) is 12.7 Å². The van der Waals surface area contributed by atoms with E-state index in [9.17, 15) is 18.6 Å². The first-order valence-corrected chi connectivity index (χ1v) is 7.50. The van der Waals surface area contributed by atoms with Crippen molar-refractivity contribution in [2.75, 3.05) is 26.4 Å². The molecule has 0 bridgehead atoms. The summed E-state index contributed by atoms with van der Waals surface area (Å²) in [7, 11) is -0.264. The van der Waals surface area contributed by atoms with E-state index in [1.807, 2.05) is 0 Å². The van der Waals surface area contributed by atoms with Crippen LogP contribution in [-0.2, 0) is 10.0 Å². The molecule has 0 fully saturated rings. The Bertz CT molecular complexity index is 529. The quantitative estimate of drug-likeness (QED) is 0.668. The lowest BCUT2D eigenvalue weighted by Gasteiger charge is -2.17. The Morgan fingerprint density at radius 3 is 2.53 bits per heavy atom. The van der Waals surface area contributed by atoms with Crippen LogP contribution in [0.25, 0.3) is 0 Å². The van der Waals surface area contributed by atoms with E-state index >= 15 is 0 Å². The van der Waals surface area contributed by atoms with Crippen LogP contribution in [-0.4, -0.2) is 49.3 Å². The Labute approximate surface area is 113 Å². The zero-order valence-electron chi connectivity index (χ0n) is 11.3. The molecule has 0 aliphatic carbocycles. The Kier molecular flexibility index (Phi) is 5.16. The van der Waals surface area contributed by atoms with Crippen molar-refractivity contribution in [3.8, 4) is 11.5 Å². The number of phenolic OH excluding ortho intramolecular Hbond substituents is 2. The highest BCUT2D eigenvalue weighted by atomic mass is 32.2. The molecule has 108 valence electrons. The van der Waals surface area contributed by atoms with Crippen LogP contribution in [0.15, 0.2) is 18.2 Å². The van der Waals surface area contributed by atoms with Crippen LogP contribution in [0, 0.1) is 0 Å². The summed E-state index contributed by atoms with van der Waals surface area (Å²) in [4.78, 5) is 0. The summed E-state index contributed by atoms with van der Waals surface area (Å²) >= 11 is 0. The van der Waals surface area contributed by atoms with E-state index < -0.39 is 10.0 Å². The summed E-state index contributed by atoms with van der Waals surface area (Å²) in [6.45, 7) is 2.05. The largest absolute Gasteiger partial charge is 0.508 e. The Hall–Kier alpha value is -1.31. The molecule has 0 radical (unpaired) electrons. The first-order chi connectivity index (χ1) is 8.74. The monoisotopic (exact) mass is 288 g/mol. The highest BCUT2D eigenvalue weighted by Crippen LogP contribution is 2.27. The molecule has 0 saturated carbocycles. The van der Waals surface area contributed by atoms with Crippen LogP contribution in [0.3, 0.4) is 0 Å². The topological polar surface area (TPSA) is 89.9 Å². The van der Waals surface area contributed by atoms with Crippen molar-refractivity contribution in [1.82, 2.24) is 9.62 Å². The molecule has 3 N–H and O–H groups in total. The number of hydrogen-bond donors (Lipinski definition) is 3. The standard InChI is InChI=1S/C12H20N2O4S/c1-9(11-8-10(15)4-5-12(11)16)13-6-7-19(17,18)14(2)3/h4-5,8-9,13,15-16H,6-7H2,1-3H3. The molecular weight excluding hydrogens is 268 g/mol. The highest BCUT2D eigenvalue weighted by Gasteiger charge is 2.15. The van der Waals surface area contributed by atoms with Crippen molar-refractivity contribution in [2.24, 2.45) is 0 Å². The summed E-state index contributed by atoms with van der Waals surface area (Å²) in [5, 5.41) is 22.0. The molecule has 19 heavy (non-hydrogen) atoms. The third-order valence-electron chi connectivity index (χ3n) is 2.84. The number of phenols is 2. The summed E-state index contributed by atoms with van der Waals surface area (Å²) in [6, 6.07) is 3.99. The van der Waals surface area contributed by atoms with Gasteiger partial charge in [0.05, 0.1) is 5.75 Å². The molecule has 0 aliphatic rings. The molecule has 0 heterocycles. The van der Waals surface area contributed by atoms with Crippen LogP contribution in [0.5, 0.6) is 11.5 Å². The number of benzene rings is 1. The summed E-state index contributed by atoms with van der Waals surface area (Å²) in [5.41, 5.74) is 0.530.